The summed E-state index contributed by atoms with van der Waals surface area (Å²) in [5.74, 6) is 0.844. The first kappa shape index (κ1) is 15.0. The molecule has 2 N–H and O–H groups in total. The average Bonchev–Trinajstić information content (AvgIpc) is 2.32. The van der Waals surface area contributed by atoms with Crippen molar-refractivity contribution >= 4 is 21.8 Å². The van der Waals surface area contributed by atoms with Crippen LogP contribution in [0, 0.1) is 0 Å². The Hall–Kier alpha value is -1.07. The third-order valence-electron chi connectivity index (χ3n) is 2.52. The van der Waals surface area contributed by atoms with E-state index in [9.17, 15) is 4.79 Å². The molecular formula is C13H19BrN2O2. The zero-order valence-corrected chi connectivity index (χ0v) is 12.4. The Labute approximate surface area is 116 Å². The maximum atomic E-state index is 11.4. The second-order valence-corrected chi connectivity index (χ2v) is 5.01. The number of halogens is 1. The largest absolute Gasteiger partial charge is 0.492 e. The van der Waals surface area contributed by atoms with E-state index >= 15 is 0 Å². The Morgan fingerprint density at radius 2 is 2.17 bits per heavy atom. The highest BCUT2D eigenvalue weighted by molar-refractivity contribution is 9.10. The molecule has 1 amide bonds. The Kier molecular flexibility index (Phi) is 6.15. The van der Waals surface area contributed by atoms with Crippen LogP contribution in [0.15, 0.2) is 22.7 Å². The number of rotatable bonds is 6. The van der Waals surface area contributed by atoms with Crippen LogP contribution in [-0.2, 0) is 11.2 Å². The van der Waals surface area contributed by atoms with E-state index in [0.717, 1.165) is 22.2 Å². The van der Waals surface area contributed by atoms with Gasteiger partial charge in [0.1, 0.15) is 5.75 Å². The van der Waals surface area contributed by atoms with Crippen molar-refractivity contribution in [3.63, 3.8) is 0 Å². The van der Waals surface area contributed by atoms with Gasteiger partial charge in [-0.3, -0.25) is 4.79 Å². The van der Waals surface area contributed by atoms with Gasteiger partial charge in [-0.25, -0.2) is 0 Å². The summed E-state index contributed by atoms with van der Waals surface area (Å²) in [4.78, 5) is 13.0. The van der Waals surface area contributed by atoms with E-state index in [1.54, 1.807) is 19.0 Å². The second kappa shape index (κ2) is 7.38. The molecule has 0 spiro atoms. The number of hydrogen-bond acceptors (Lipinski definition) is 3. The maximum absolute atomic E-state index is 11.4. The second-order valence-electron chi connectivity index (χ2n) is 4.15. The Morgan fingerprint density at radius 1 is 1.44 bits per heavy atom. The molecule has 0 saturated carbocycles. The highest BCUT2D eigenvalue weighted by Crippen LogP contribution is 2.29. The van der Waals surface area contributed by atoms with Gasteiger partial charge in [-0.15, -0.1) is 0 Å². The number of benzene rings is 1. The normalized spacial score (nSPS) is 10.2. The summed E-state index contributed by atoms with van der Waals surface area (Å²) in [6.07, 6.45) is 1.13. The molecule has 0 heterocycles. The molecule has 0 aliphatic heterocycles. The molecule has 1 aromatic rings. The van der Waals surface area contributed by atoms with Crippen LogP contribution in [0.3, 0.4) is 0 Å². The molecule has 0 radical (unpaired) electrons. The quantitative estimate of drug-likeness (QED) is 0.871. The van der Waals surface area contributed by atoms with E-state index in [1.165, 1.54) is 0 Å². The van der Waals surface area contributed by atoms with Gasteiger partial charge in [-0.05, 0) is 40.5 Å². The molecule has 0 unspecified atom stereocenters. The summed E-state index contributed by atoms with van der Waals surface area (Å²) in [6.45, 7) is 0.945. The van der Waals surface area contributed by atoms with Crippen molar-refractivity contribution in [1.82, 2.24) is 4.90 Å². The van der Waals surface area contributed by atoms with Gasteiger partial charge in [-0.2, -0.15) is 0 Å². The Morgan fingerprint density at radius 3 is 2.78 bits per heavy atom. The maximum Gasteiger partial charge on any atom is 0.225 e. The van der Waals surface area contributed by atoms with Gasteiger partial charge in [0, 0.05) is 14.1 Å². The van der Waals surface area contributed by atoms with Crippen LogP contribution in [0.5, 0.6) is 5.75 Å². The fraction of sp³-hybridized carbons (Fsp3) is 0.462. The fourth-order valence-corrected chi connectivity index (χ4v) is 2.05. The summed E-state index contributed by atoms with van der Waals surface area (Å²) >= 11 is 3.45. The molecule has 18 heavy (non-hydrogen) atoms. The minimum absolute atomic E-state index is 0.0578. The van der Waals surface area contributed by atoms with E-state index in [-0.39, 0.29) is 5.91 Å². The molecule has 0 aliphatic rings. The molecule has 0 aromatic heterocycles. The average molecular weight is 315 g/mol. The van der Waals surface area contributed by atoms with Crippen LogP contribution in [0.1, 0.15) is 12.0 Å². The molecule has 0 aliphatic carbocycles. The lowest BCUT2D eigenvalue weighted by Crippen LogP contribution is -2.23. The van der Waals surface area contributed by atoms with Crippen molar-refractivity contribution in [1.29, 1.82) is 0 Å². The molecular weight excluding hydrogens is 296 g/mol. The summed E-state index contributed by atoms with van der Waals surface area (Å²) in [5.41, 5.74) is 6.62. The molecule has 100 valence electrons. The van der Waals surface area contributed by atoms with Crippen LogP contribution in [0.25, 0.3) is 0 Å². The number of para-hydroxylation sites is 1. The minimum atomic E-state index is 0.0578. The third kappa shape index (κ3) is 4.31. The number of nitrogens with zero attached hydrogens (tertiary/aromatic N) is 1. The predicted octanol–water partition coefficient (Wildman–Crippen LogP) is 1.81. The first-order chi connectivity index (χ1) is 8.56. The van der Waals surface area contributed by atoms with Crippen molar-refractivity contribution in [3.05, 3.63) is 28.2 Å². The van der Waals surface area contributed by atoms with E-state index in [2.05, 4.69) is 15.9 Å². The summed E-state index contributed by atoms with van der Waals surface area (Å²) in [5, 5.41) is 0. The van der Waals surface area contributed by atoms with Crippen molar-refractivity contribution in [2.75, 3.05) is 27.2 Å². The smallest absolute Gasteiger partial charge is 0.225 e. The SMILES string of the molecule is CN(C)C(=O)CCOc1c(Br)cccc1CCN. The minimum Gasteiger partial charge on any atom is -0.492 e. The summed E-state index contributed by atoms with van der Waals surface area (Å²) in [6, 6.07) is 5.86. The van der Waals surface area contributed by atoms with E-state index in [4.69, 9.17) is 10.5 Å². The summed E-state index contributed by atoms with van der Waals surface area (Å²) < 4.78 is 6.59. The van der Waals surface area contributed by atoms with Crippen LogP contribution in [0.4, 0.5) is 0 Å². The molecule has 0 saturated heterocycles. The van der Waals surface area contributed by atoms with E-state index in [0.29, 0.717) is 19.6 Å². The zero-order chi connectivity index (χ0) is 13.5. The molecule has 0 bridgehead atoms. The van der Waals surface area contributed by atoms with Gasteiger partial charge in [0.15, 0.2) is 0 Å². The monoisotopic (exact) mass is 314 g/mol. The summed E-state index contributed by atoms with van der Waals surface area (Å²) in [7, 11) is 3.47. The lowest BCUT2D eigenvalue weighted by atomic mass is 10.1. The van der Waals surface area contributed by atoms with Crippen LogP contribution < -0.4 is 10.5 Å². The molecule has 0 atom stereocenters. The number of hydrogen-bond donors (Lipinski definition) is 1. The van der Waals surface area contributed by atoms with E-state index in [1.807, 2.05) is 18.2 Å². The molecule has 1 aromatic carbocycles. The van der Waals surface area contributed by atoms with E-state index < -0.39 is 0 Å². The molecule has 5 heteroatoms. The third-order valence-corrected chi connectivity index (χ3v) is 3.15. The van der Waals surface area contributed by atoms with Crippen LogP contribution >= 0.6 is 15.9 Å². The number of ether oxygens (including phenoxy) is 1. The van der Waals surface area contributed by atoms with Crippen molar-refractivity contribution in [2.24, 2.45) is 5.73 Å². The number of nitrogens with two attached hydrogens (primary N) is 1. The van der Waals surface area contributed by atoms with Gasteiger partial charge in [0.2, 0.25) is 5.91 Å². The van der Waals surface area contributed by atoms with Gasteiger partial charge in [-0.1, -0.05) is 12.1 Å². The zero-order valence-electron chi connectivity index (χ0n) is 10.8. The highest BCUT2D eigenvalue weighted by Gasteiger charge is 2.09. The molecule has 1 rings (SSSR count). The van der Waals surface area contributed by atoms with Crippen molar-refractivity contribution in [2.45, 2.75) is 12.8 Å². The number of amides is 1. The highest BCUT2D eigenvalue weighted by atomic mass is 79.9. The van der Waals surface area contributed by atoms with Crippen molar-refractivity contribution in [3.8, 4) is 5.75 Å². The van der Waals surface area contributed by atoms with Gasteiger partial charge in [0.05, 0.1) is 17.5 Å². The van der Waals surface area contributed by atoms with Gasteiger partial charge in [0.25, 0.3) is 0 Å². The first-order valence-corrected chi connectivity index (χ1v) is 6.66. The van der Waals surface area contributed by atoms with Crippen molar-refractivity contribution < 1.29 is 9.53 Å². The standard InChI is InChI=1S/C13H19BrN2O2/c1-16(2)12(17)7-9-18-13-10(6-8-15)4-3-5-11(13)14/h3-5H,6-9,15H2,1-2H3. The number of carbonyl (C=O) groups excluding carboxylic acids is 1. The predicted molar refractivity (Wildman–Crippen MR) is 75.7 cm³/mol. The fourth-order valence-electron chi connectivity index (χ4n) is 1.53. The topological polar surface area (TPSA) is 55.6 Å². The van der Waals surface area contributed by atoms with Crippen LogP contribution in [-0.4, -0.2) is 38.1 Å². The van der Waals surface area contributed by atoms with Crippen LogP contribution in [0.2, 0.25) is 0 Å². The Balaban J connectivity index is 2.63. The number of carbonyl (C=O) groups is 1. The van der Waals surface area contributed by atoms with Gasteiger partial charge < -0.3 is 15.4 Å². The molecule has 4 nitrogen and oxygen atoms in total. The first-order valence-electron chi connectivity index (χ1n) is 5.86. The lowest BCUT2D eigenvalue weighted by Gasteiger charge is -2.14. The van der Waals surface area contributed by atoms with Gasteiger partial charge >= 0.3 is 0 Å². The molecule has 0 fully saturated rings. The Bertz CT molecular complexity index is 408. The lowest BCUT2D eigenvalue weighted by molar-refractivity contribution is -0.129.